The molecule has 1 N–H and O–H groups in total. The van der Waals surface area contributed by atoms with Crippen molar-refractivity contribution in [3.63, 3.8) is 0 Å². The molecule has 0 aromatic heterocycles. The molecule has 0 aliphatic heterocycles. The molecule has 6 heteroatoms. The molecular weight excluding hydrogens is 301 g/mol. The summed E-state index contributed by atoms with van der Waals surface area (Å²) in [6.45, 7) is 7.51. The normalized spacial score (nSPS) is 12.6. The fourth-order valence-corrected chi connectivity index (χ4v) is 2.09. The van der Waals surface area contributed by atoms with Gasteiger partial charge < -0.3 is 10.2 Å². The van der Waals surface area contributed by atoms with Crippen molar-refractivity contribution in [2.75, 3.05) is 18.0 Å². The van der Waals surface area contributed by atoms with Gasteiger partial charge in [0.15, 0.2) is 0 Å². The highest BCUT2D eigenvalue weighted by molar-refractivity contribution is 6.30. The van der Waals surface area contributed by atoms with Gasteiger partial charge in [-0.3, -0.25) is 0 Å². The van der Waals surface area contributed by atoms with Crippen LogP contribution in [0.3, 0.4) is 0 Å². The minimum absolute atomic E-state index is 0.113. The lowest BCUT2D eigenvalue weighted by Crippen LogP contribution is -2.37. The van der Waals surface area contributed by atoms with E-state index >= 15 is 0 Å². The Hall–Kier alpha value is -0.940. The van der Waals surface area contributed by atoms with Crippen molar-refractivity contribution < 1.29 is 13.2 Å². The van der Waals surface area contributed by atoms with Crippen LogP contribution in [0.15, 0.2) is 18.2 Å². The Morgan fingerprint density at radius 3 is 2.29 bits per heavy atom. The highest BCUT2D eigenvalue weighted by Crippen LogP contribution is 2.28. The van der Waals surface area contributed by atoms with Crippen molar-refractivity contribution in [1.29, 1.82) is 0 Å². The van der Waals surface area contributed by atoms with Gasteiger partial charge in [-0.25, -0.2) is 0 Å². The molecule has 0 atom stereocenters. The maximum atomic E-state index is 12.7. The first-order valence-corrected chi connectivity index (χ1v) is 7.25. The summed E-state index contributed by atoms with van der Waals surface area (Å²) in [4.78, 5) is 1.30. The van der Waals surface area contributed by atoms with Crippen LogP contribution in [-0.2, 0) is 6.54 Å². The van der Waals surface area contributed by atoms with E-state index in [1.165, 1.54) is 4.90 Å². The van der Waals surface area contributed by atoms with E-state index in [0.29, 0.717) is 17.3 Å². The van der Waals surface area contributed by atoms with Crippen LogP contribution in [0.4, 0.5) is 18.9 Å². The van der Waals surface area contributed by atoms with Crippen molar-refractivity contribution in [3.05, 3.63) is 28.8 Å². The zero-order valence-electron chi connectivity index (χ0n) is 12.8. The summed E-state index contributed by atoms with van der Waals surface area (Å²) in [6.07, 6.45) is -4.24. The molecule has 0 aliphatic rings. The number of alkyl halides is 3. The molecule has 2 nitrogen and oxygen atoms in total. The van der Waals surface area contributed by atoms with Crippen molar-refractivity contribution in [2.45, 2.75) is 46.0 Å². The Kier molecular flexibility index (Phi) is 5.93. The van der Waals surface area contributed by atoms with Crippen molar-refractivity contribution in [2.24, 2.45) is 0 Å². The molecule has 0 radical (unpaired) electrons. The van der Waals surface area contributed by atoms with Crippen LogP contribution in [0.1, 0.15) is 33.3 Å². The molecule has 0 saturated heterocycles. The van der Waals surface area contributed by atoms with Gasteiger partial charge in [0.1, 0.15) is 6.54 Å². The molecule has 0 bridgehead atoms. The highest BCUT2D eigenvalue weighted by Gasteiger charge is 2.31. The smallest absolute Gasteiger partial charge is 0.363 e. The molecular formula is C15H22ClF3N2. The Labute approximate surface area is 129 Å². The monoisotopic (exact) mass is 322 g/mol. The zero-order chi connectivity index (χ0) is 16.3. The Bertz CT molecular complexity index is 467. The molecule has 0 saturated carbocycles. The summed E-state index contributed by atoms with van der Waals surface area (Å²) in [5, 5.41) is 3.72. The van der Waals surface area contributed by atoms with Crippen molar-refractivity contribution in [1.82, 2.24) is 5.32 Å². The van der Waals surface area contributed by atoms with Gasteiger partial charge >= 0.3 is 6.18 Å². The maximum absolute atomic E-state index is 12.7. The Morgan fingerprint density at radius 2 is 1.81 bits per heavy atom. The molecule has 0 spiro atoms. The summed E-state index contributed by atoms with van der Waals surface area (Å²) >= 11 is 5.95. The minimum Gasteiger partial charge on any atom is -0.363 e. The fourth-order valence-electron chi connectivity index (χ4n) is 1.92. The SMILES string of the molecule is CCN(CC(F)(F)F)c1cc(Cl)ccc1CNC(C)(C)C. The lowest BCUT2D eigenvalue weighted by atomic mass is 10.1. The van der Waals surface area contributed by atoms with E-state index < -0.39 is 12.7 Å². The van der Waals surface area contributed by atoms with Crippen LogP contribution >= 0.6 is 11.6 Å². The Morgan fingerprint density at radius 1 is 1.19 bits per heavy atom. The molecule has 0 amide bonds. The first-order valence-electron chi connectivity index (χ1n) is 6.87. The van der Waals surface area contributed by atoms with E-state index in [4.69, 9.17) is 11.6 Å². The van der Waals surface area contributed by atoms with Crippen molar-refractivity contribution >= 4 is 17.3 Å². The van der Waals surface area contributed by atoms with E-state index in [0.717, 1.165) is 5.56 Å². The second kappa shape index (κ2) is 6.88. The van der Waals surface area contributed by atoms with Crippen LogP contribution < -0.4 is 10.2 Å². The largest absolute Gasteiger partial charge is 0.405 e. The maximum Gasteiger partial charge on any atom is 0.405 e. The van der Waals surface area contributed by atoms with E-state index in [2.05, 4.69) is 5.32 Å². The molecule has 120 valence electrons. The number of rotatable bonds is 5. The molecule has 0 fully saturated rings. The van der Waals surface area contributed by atoms with E-state index in [-0.39, 0.29) is 12.1 Å². The number of hydrogen-bond donors (Lipinski definition) is 1. The van der Waals surface area contributed by atoms with Gasteiger partial charge in [0, 0.05) is 29.3 Å². The third kappa shape index (κ3) is 6.57. The predicted octanol–water partition coefficient (Wildman–Crippen LogP) is 4.62. The van der Waals surface area contributed by atoms with Crippen LogP contribution in [0.25, 0.3) is 0 Å². The van der Waals surface area contributed by atoms with Gasteiger partial charge in [0.2, 0.25) is 0 Å². The lowest BCUT2D eigenvalue weighted by Gasteiger charge is -2.28. The van der Waals surface area contributed by atoms with Crippen LogP contribution in [0, 0.1) is 0 Å². The summed E-state index contributed by atoms with van der Waals surface area (Å²) < 4.78 is 38.1. The summed E-state index contributed by atoms with van der Waals surface area (Å²) in [6, 6.07) is 5.07. The summed E-state index contributed by atoms with van der Waals surface area (Å²) in [5.41, 5.74) is 1.22. The minimum atomic E-state index is -4.24. The molecule has 1 aromatic rings. The first-order chi connectivity index (χ1) is 9.52. The number of hydrogen-bond acceptors (Lipinski definition) is 2. The number of nitrogens with one attached hydrogen (secondary N) is 1. The highest BCUT2D eigenvalue weighted by atomic mass is 35.5. The average molecular weight is 323 g/mol. The van der Waals surface area contributed by atoms with Gasteiger partial charge in [-0.05, 0) is 45.4 Å². The predicted molar refractivity (Wildman–Crippen MR) is 82.0 cm³/mol. The van der Waals surface area contributed by atoms with E-state index in [9.17, 15) is 13.2 Å². The molecule has 21 heavy (non-hydrogen) atoms. The standard InChI is InChI=1S/C15H22ClF3N2/c1-5-21(10-15(17,18)19)13-8-12(16)7-6-11(13)9-20-14(2,3)4/h6-8,20H,5,9-10H2,1-4H3. The molecule has 0 aliphatic carbocycles. The number of anilines is 1. The molecule has 0 heterocycles. The summed E-state index contributed by atoms with van der Waals surface area (Å²) in [5.74, 6) is 0. The van der Waals surface area contributed by atoms with Gasteiger partial charge in [-0.2, -0.15) is 13.2 Å². The van der Waals surface area contributed by atoms with Crippen LogP contribution in [0.5, 0.6) is 0 Å². The lowest BCUT2D eigenvalue weighted by molar-refractivity contribution is -0.119. The third-order valence-electron chi connectivity index (χ3n) is 2.95. The number of benzene rings is 1. The zero-order valence-corrected chi connectivity index (χ0v) is 13.6. The molecule has 1 aromatic carbocycles. The Balaban J connectivity index is 3.04. The fraction of sp³-hybridized carbons (Fsp3) is 0.600. The molecule has 0 unspecified atom stereocenters. The van der Waals surface area contributed by atoms with E-state index in [1.54, 1.807) is 25.1 Å². The van der Waals surface area contributed by atoms with Gasteiger partial charge in [-0.15, -0.1) is 0 Å². The average Bonchev–Trinajstić information content (AvgIpc) is 2.32. The quantitative estimate of drug-likeness (QED) is 0.851. The topological polar surface area (TPSA) is 15.3 Å². The third-order valence-corrected chi connectivity index (χ3v) is 3.18. The van der Waals surface area contributed by atoms with Crippen molar-refractivity contribution in [3.8, 4) is 0 Å². The molecule has 1 rings (SSSR count). The number of halogens is 4. The van der Waals surface area contributed by atoms with Crippen LogP contribution in [-0.4, -0.2) is 24.8 Å². The first kappa shape index (κ1) is 18.1. The van der Waals surface area contributed by atoms with Crippen LogP contribution in [0.2, 0.25) is 5.02 Å². The van der Waals surface area contributed by atoms with Gasteiger partial charge in [0.25, 0.3) is 0 Å². The van der Waals surface area contributed by atoms with Gasteiger partial charge in [0.05, 0.1) is 0 Å². The number of nitrogens with zero attached hydrogens (tertiary/aromatic N) is 1. The van der Waals surface area contributed by atoms with E-state index in [1.807, 2.05) is 20.8 Å². The second-order valence-electron chi connectivity index (χ2n) is 6.01. The summed E-state index contributed by atoms with van der Waals surface area (Å²) in [7, 11) is 0. The second-order valence-corrected chi connectivity index (χ2v) is 6.44. The van der Waals surface area contributed by atoms with Gasteiger partial charge in [-0.1, -0.05) is 17.7 Å².